The second kappa shape index (κ2) is 9.02. The van der Waals surface area contributed by atoms with Gasteiger partial charge in [0.05, 0.1) is 17.7 Å². The van der Waals surface area contributed by atoms with Gasteiger partial charge in [0.15, 0.2) is 0 Å². The van der Waals surface area contributed by atoms with Crippen molar-refractivity contribution in [3.63, 3.8) is 0 Å². The molecule has 1 heterocycles. The number of carbonyl (C=O) groups is 1. The number of amides is 1. The van der Waals surface area contributed by atoms with E-state index in [2.05, 4.69) is 31.2 Å². The van der Waals surface area contributed by atoms with Crippen LogP contribution in [-0.4, -0.2) is 57.3 Å². The number of nitrogens with one attached hydrogen (secondary N) is 1. The number of halogens is 1. The van der Waals surface area contributed by atoms with Gasteiger partial charge in [-0.1, -0.05) is 0 Å². The molecule has 0 fully saturated rings. The zero-order valence-corrected chi connectivity index (χ0v) is 12.6. The van der Waals surface area contributed by atoms with E-state index in [1.165, 1.54) is 23.5 Å². The second-order valence-corrected chi connectivity index (χ2v) is 4.69. The molecule has 8 nitrogen and oxygen atoms in total. The third-order valence-electron chi connectivity index (χ3n) is 2.34. The minimum Gasteiger partial charge on any atom is -0.395 e. The molecular weight excluding hydrogens is 342 g/mol. The van der Waals surface area contributed by atoms with Crippen LogP contribution >= 0.6 is 15.9 Å². The second-order valence-electron chi connectivity index (χ2n) is 3.78. The zero-order chi connectivity index (χ0) is 15.7. The summed E-state index contributed by atoms with van der Waals surface area (Å²) in [7, 11) is 0. The molecule has 0 aliphatic heterocycles. The van der Waals surface area contributed by atoms with Gasteiger partial charge in [0.25, 0.3) is 5.91 Å². The Morgan fingerprint density at radius 1 is 1.38 bits per heavy atom. The molecule has 0 aliphatic rings. The third kappa shape index (κ3) is 5.47. The fourth-order valence-corrected chi connectivity index (χ4v) is 1.60. The molecule has 3 N–H and O–H groups in total. The molecule has 1 aromatic heterocycles. The minimum atomic E-state index is -0.592. The highest BCUT2D eigenvalue weighted by molar-refractivity contribution is 9.10. The summed E-state index contributed by atoms with van der Waals surface area (Å²) in [6.07, 6.45) is 4.22. The SMILES string of the molecule is N#C/C(=C/Nc1ncc(Br)cn1)C(=O)N(CCO)CCO. The van der Waals surface area contributed by atoms with Crippen LogP contribution in [0.1, 0.15) is 0 Å². The summed E-state index contributed by atoms with van der Waals surface area (Å²) >= 11 is 3.19. The van der Waals surface area contributed by atoms with Gasteiger partial charge in [0.2, 0.25) is 5.95 Å². The van der Waals surface area contributed by atoms with Gasteiger partial charge in [0.1, 0.15) is 11.6 Å². The van der Waals surface area contributed by atoms with Crippen LogP contribution in [0.15, 0.2) is 28.6 Å². The van der Waals surface area contributed by atoms with Crippen molar-refractivity contribution in [1.82, 2.24) is 14.9 Å². The molecule has 9 heteroatoms. The van der Waals surface area contributed by atoms with Crippen LogP contribution < -0.4 is 5.32 Å². The Kier molecular flexibility index (Phi) is 7.31. The summed E-state index contributed by atoms with van der Waals surface area (Å²) in [6, 6.07) is 1.76. The van der Waals surface area contributed by atoms with Gasteiger partial charge in [-0.05, 0) is 15.9 Å². The fourth-order valence-electron chi connectivity index (χ4n) is 1.39. The van der Waals surface area contributed by atoms with Gasteiger partial charge < -0.3 is 20.4 Å². The number of anilines is 1. The zero-order valence-electron chi connectivity index (χ0n) is 11.0. The van der Waals surface area contributed by atoms with Crippen molar-refractivity contribution in [2.45, 2.75) is 0 Å². The van der Waals surface area contributed by atoms with Crippen LogP contribution in [0.25, 0.3) is 0 Å². The van der Waals surface area contributed by atoms with E-state index < -0.39 is 5.91 Å². The summed E-state index contributed by atoms with van der Waals surface area (Å²) in [5.74, 6) is -0.361. The molecule has 1 rings (SSSR count). The lowest BCUT2D eigenvalue weighted by Crippen LogP contribution is -2.36. The van der Waals surface area contributed by atoms with E-state index in [0.29, 0.717) is 4.47 Å². The highest BCUT2D eigenvalue weighted by Gasteiger charge is 2.17. The van der Waals surface area contributed by atoms with E-state index in [1.807, 2.05) is 0 Å². The molecule has 0 saturated carbocycles. The highest BCUT2D eigenvalue weighted by atomic mass is 79.9. The Balaban J connectivity index is 2.80. The minimum absolute atomic E-state index is 0.0349. The van der Waals surface area contributed by atoms with Crippen molar-refractivity contribution >= 4 is 27.8 Å². The fraction of sp³-hybridized carbons (Fsp3) is 0.333. The van der Waals surface area contributed by atoms with Crippen LogP contribution in [0.2, 0.25) is 0 Å². The lowest BCUT2D eigenvalue weighted by atomic mass is 10.2. The predicted molar refractivity (Wildman–Crippen MR) is 77.8 cm³/mol. The number of nitriles is 1. The van der Waals surface area contributed by atoms with E-state index >= 15 is 0 Å². The average molecular weight is 356 g/mol. The number of aliphatic hydroxyl groups is 2. The summed E-state index contributed by atoms with van der Waals surface area (Å²) < 4.78 is 0.700. The molecule has 0 bridgehead atoms. The van der Waals surface area contributed by atoms with Gasteiger partial charge in [-0.15, -0.1) is 0 Å². The Morgan fingerprint density at radius 2 is 1.95 bits per heavy atom. The number of aliphatic hydroxyl groups excluding tert-OH is 2. The first-order chi connectivity index (χ1) is 10.1. The molecule has 0 atom stereocenters. The molecule has 0 unspecified atom stereocenters. The Labute approximate surface area is 129 Å². The van der Waals surface area contributed by atoms with Crippen LogP contribution in [0, 0.1) is 11.3 Å². The number of hydrogen-bond donors (Lipinski definition) is 3. The number of rotatable bonds is 7. The first kappa shape index (κ1) is 17.0. The number of nitrogens with zero attached hydrogens (tertiary/aromatic N) is 4. The maximum absolute atomic E-state index is 12.1. The van der Waals surface area contributed by atoms with Crippen molar-refractivity contribution in [2.75, 3.05) is 31.6 Å². The molecule has 1 aromatic rings. The Morgan fingerprint density at radius 3 is 2.43 bits per heavy atom. The Bertz CT molecular complexity index is 535. The molecule has 0 saturated heterocycles. The molecule has 0 aliphatic carbocycles. The van der Waals surface area contributed by atoms with Crippen LogP contribution in [0.5, 0.6) is 0 Å². The maximum Gasteiger partial charge on any atom is 0.266 e. The van der Waals surface area contributed by atoms with E-state index in [0.717, 1.165) is 0 Å². The average Bonchev–Trinajstić information content (AvgIpc) is 2.49. The van der Waals surface area contributed by atoms with Gasteiger partial charge in [-0.25, -0.2) is 9.97 Å². The van der Waals surface area contributed by atoms with Gasteiger partial charge in [0, 0.05) is 31.7 Å². The van der Waals surface area contributed by atoms with Crippen molar-refractivity contribution < 1.29 is 15.0 Å². The lowest BCUT2D eigenvalue weighted by Gasteiger charge is -2.19. The predicted octanol–water partition coefficient (Wildman–Crippen LogP) is -0.128. The van der Waals surface area contributed by atoms with Crippen molar-refractivity contribution in [1.29, 1.82) is 5.26 Å². The standard InChI is InChI=1S/C12H14BrN5O3/c13-10-7-16-12(17-8-10)15-6-9(5-14)11(21)18(1-3-19)2-4-20/h6-8,19-20H,1-4H2,(H,15,16,17)/b9-6-. The first-order valence-corrected chi connectivity index (χ1v) is 6.77. The lowest BCUT2D eigenvalue weighted by molar-refractivity contribution is -0.127. The van der Waals surface area contributed by atoms with Crippen molar-refractivity contribution in [3.8, 4) is 6.07 Å². The van der Waals surface area contributed by atoms with Crippen LogP contribution in [0.3, 0.4) is 0 Å². The molecule has 1 amide bonds. The van der Waals surface area contributed by atoms with Crippen LogP contribution in [-0.2, 0) is 4.79 Å². The van der Waals surface area contributed by atoms with E-state index in [1.54, 1.807) is 6.07 Å². The maximum atomic E-state index is 12.1. The summed E-state index contributed by atoms with van der Waals surface area (Å²) in [5, 5.41) is 29.4. The van der Waals surface area contributed by atoms with Gasteiger partial charge in [-0.2, -0.15) is 5.26 Å². The number of aromatic nitrogens is 2. The normalized spacial score (nSPS) is 10.9. The molecule has 0 aromatic carbocycles. The molecule has 0 spiro atoms. The van der Waals surface area contributed by atoms with Crippen LogP contribution in [0.4, 0.5) is 5.95 Å². The summed E-state index contributed by atoms with van der Waals surface area (Å²) in [4.78, 5) is 21.1. The topological polar surface area (TPSA) is 122 Å². The molecule has 21 heavy (non-hydrogen) atoms. The van der Waals surface area contributed by atoms with Gasteiger partial charge in [-0.3, -0.25) is 4.79 Å². The molecular formula is C12H14BrN5O3. The molecule has 0 radical (unpaired) electrons. The van der Waals surface area contributed by atoms with E-state index in [9.17, 15) is 4.79 Å². The summed E-state index contributed by atoms with van der Waals surface area (Å²) in [5.41, 5.74) is -0.177. The largest absolute Gasteiger partial charge is 0.395 e. The first-order valence-electron chi connectivity index (χ1n) is 5.97. The number of hydrogen-bond acceptors (Lipinski definition) is 7. The quantitative estimate of drug-likeness (QED) is 0.460. The van der Waals surface area contributed by atoms with E-state index in [4.69, 9.17) is 15.5 Å². The van der Waals surface area contributed by atoms with E-state index in [-0.39, 0.29) is 37.8 Å². The highest BCUT2D eigenvalue weighted by Crippen LogP contribution is 2.08. The third-order valence-corrected chi connectivity index (χ3v) is 2.75. The monoisotopic (exact) mass is 355 g/mol. The van der Waals surface area contributed by atoms with Gasteiger partial charge >= 0.3 is 0 Å². The smallest absolute Gasteiger partial charge is 0.266 e. The van der Waals surface area contributed by atoms with Crippen molar-refractivity contribution in [2.24, 2.45) is 0 Å². The Hall–Kier alpha value is -2.02. The summed E-state index contributed by atoms with van der Waals surface area (Å²) in [6.45, 7) is -0.443. The van der Waals surface area contributed by atoms with Crippen molar-refractivity contribution in [3.05, 3.63) is 28.6 Å². The number of carbonyl (C=O) groups excluding carboxylic acids is 1. The molecule has 112 valence electrons.